The third kappa shape index (κ3) is 7.29. The second-order valence-electron chi connectivity index (χ2n) is 1.15. The van der Waals surface area contributed by atoms with Crippen LogP contribution < -0.4 is 4.72 Å². The zero-order valence-corrected chi connectivity index (χ0v) is 5.85. The standard InChI is InChI=1S/C4H8N2O2S/c1-2-9-5-3-4-6(7)8/h3-5H,2H2,1H3/b4-3+. The molecule has 9 heavy (non-hydrogen) atoms. The van der Waals surface area contributed by atoms with Gasteiger partial charge in [-0.1, -0.05) is 18.9 Å². The quantitative estimate of drug-likeness (QED) is 0.279. The van der Waals surface area contributed by atoms with E-state index in [-0.39, 0.29) is 0 Å². The van der Waals surface area contributed by atoms with Crippen molar-refractivity contribution in [1.29, 1.82) is 0 Å². The van der Waals surface area contributed by atoms with Gasteiger partial charge in [-0.05, 0) is 0 Å². The number of nitrogens with one attached hydrogen (secondary N) is 1. The first-order valence-electron chi connectivity index (χ1n) is 2.45. The summed E-state index contributed by atoms with van der Waals surface area (Å²) in [7, 11) is 0. The van der Waals surface area contributed by atoms with Gasteiger partial charge in [0.1, 0.15) is 0 Å². The Morgan fingerprint density at radius 3 is 3.00 bits per heavy atom. The SMILES string of the molecule is CCSN/C=C/[N+](=O)[O-]. The fourth-order valence-electron chi connectivity index (χ4n) is 0.223. The molecule has 0 unspecified atom stereocenters. The van der Waals surface area contributed by atoms with Crippen molar-refractivity contribution in [2.75, 3.05) is 5.75 Å². The molecule has 0 aliphatic heterocycles. The highest BCUT2D eigenvalue weighted by Crippen LogP contribution is 1.88. The molecule has 0 fully saturated rings. The van der Waals surface area contributed by atoms with Gasteiger partial charge in [-0.2, -0.15) is 0 Å². The fourth-order valence-corrected chi connectivity index (χ4v) is 0.546. The van der Waals surface area contributed by atoms with Crippen molar-refractivity contribution in [1.82, 2.24) is 4.72 Å². The second-order valence-corrected chi connectivity index (χ2v) is 2.25. The van der Waals surface area contributed by atoms with Gasteiger partial charge in [-0.15, -0.1) is 0 Å². The maximum atomic E-state index is 9.63. The molecule has 0 aromatic carbocycles. The van der Waals surface area contributed by atoms with Gasteiger partial charge < -0.3 is 4.72 Å². The Hall–Kier alpha value is -0.710. The number of hydrogen-bond donors (Lipinski definition) is 1. The Labute approximate surface area is 57.6 Å². The van der Waals surface area contributed by atoms with Crippen LogP contribution in [0.2, 0.25) is 0 Å². The molecule has 0 amide bonds. The Kier molecular flexibility index (Phi) is 5.00. The summed E-state index contributed by atoms with van der Waals surface area (Å²) in [6.07, 6.45) is 2.16. The van der Waals surface area contributed by atoms with Crippen molar-refractivity contribution >= 4 is 11.9 Å². The molecule has 0 saturated carbocycles. The summed E-state index contributed by atoms with van der Waals surface area (Å²) >= 11 is 1.41. The van der Waals surface area contributed by atoms with E-state index in [1.807, 2.05) is 6.92 Å². The molecule has 5 heteroatoms. The average molecular weight is 148 g/mol. The molecule has 0 heterocycles. The molecule has 0 saturated heterocycles. The summed E-state index contributed by atoms with van der Waals surface area (Å²) in [4.78, 5) is 9.12. The smallest absolute Gasteiger partial charge is 0.250 e. The molecule has 52 valence electrons. The third-order valence-electron chi connectivity index (χ3n) is 0.492. The van der Waals surface area contributed by atoms with Crippen LogP contribution in [0.3, 0.4) is 0 Å². The van der Waals surface area contributed by atoms with Crippen LogP contribution in [0.5, 0.6) is 0 Å². The molecular weight excluding hydrogens is 140 g/mol. The fraction of sp³-hybridized carbons (Fsp3) is 0.500. The van der Waals surface area contributed by atoms with Gasteiger partial charge in [0, 0.05) is 5.75 Å². The number of rotatable bonds is 4. The minimum Gasteiger partial charge on any atom is -0.331 e. The first-order chi connectivity index (χ1) is 4.27. The molecule has 0 aromatic heterocycles. The molecule has 0 bridgehead atoms. The van der Waals surface area contributed by atoms with Gasteiger partial charge in [-0.3, -0.25) is 10.1 Å². The van der Waals surface area contributed by atoms with E-state index in [9.17, 15) is 10.1 Å². The van der Waals surface area contributed by atoms with E-state index in [0.29, 0.717) is 0 Å². The van der Waals surface area contributed by atoms with Gasteiger partial charge in [0.15, 0.2) is 0 Å². The van der Waals surface area contributed by atoms with E-state index in [0.717, 1.165) is 12.0 Å². The van der Waals surface area contributed by atoms with Gasteiger partial charge in [0.05, 0.1) is 11.1 Å². The van der Waals surface area contributed by atoms with Crippen LogP contribution in [0.25, 0.3) is 0 Å². The van der Waals surface area contributed by atoms with Crippen molar-refractivity contribution in [2.24, 2.45) is 0 Å². The first-order valence-corrected chi connectivity index (χ1v) is 3.43. The van der Waals surface area contributed by atoms with Crippen LogP contribution in [0.4, 0.5) is 0 Å². The monoisotopic (exact) mass is 148 g/mol. The van der Waals surface area contributed by atoms with Crippen molar-refractivity contribution in [2.45, 2.75) is 6.92 Å². The Bertz CT molecular complexity index is 115. The van der Waals surface area contributed by atoms with Crippen LogP contribution >= 0.6 is 11.9 Å². The summed E-state index contributed by atoms with van der Waals surface area (Å²) in [6.45, 7) is 1.96. The summed E-state index contributed by atoms with van der Waals surface area (Å²) in [6, 6.07) is 0. The van der Waals surface area contributed by atoms with Crippen LogP contribution in [-0.4, -0.2) is 10.7 Å². The van der Waals surface area contributed by atoms with E-state index in [2.05, 4.69) is 4.72 Å². The van der Waals surface area contributed by atoms with Crippen molar-refractivity contribution in [3.63, 3.8) is 0 Å². The number of nitrogens with zero attached hydrogens (tertiary/aromatic N) is 1. The number of hydrogen-bond acceptors (Lipinski definition) is 4. The topological polar surface area (TPSA) is 55.2 Å². The lowest BCUT2D eigenvalue weighted by molar-refractivity contribution is -0.402. The molecule has 0 aliphatic rings. The maximum absolute atomic E-state index is 9.63. The molecule has 0 spiro atoms. The molecular formula is C4H8N2O2S. The zero-order chi connectivity index (χ0) is 7.11. The van der Waals surface area contributed by atoms with Crippen LogP contribution in [0.15, 0.2) is 12.4 Å². The predicted molar refractivity (Wildman–Crippen MR) is 37.4 cm³/mol. The van der Waals surface area contributed by atoms with Crippen molar-refractivity contribution < 1.29 is 4.92 Å². The molecule has 0 aromatic rings. The summed E-state index contributed by atoms with van der Waals surface area (Å²) in [5, 5.41) is 9.63. The highest BCUT2D eigenvalue weighted by molar-refractivity contribution is 7.97. The van der Waals surface area contributed by atoms with E-state index < -0.39 is 4.92 Å². The second kappa shape index (κ2) is 5.43. The van der Waals surface area contributed by atoms with E-state index in [4.69, 9.17) is 0 Å². The van der Waals surface area contributed by atoms with E-state index >= 15 is 0 Å². The Morgan fingerprint density at radius 1 is 1.89 bits per heavy atom. The third-order valence-corrected chi connectivity index (χ3v) is 1.08. The minimum absolute atomic E-state index is 0.511. The van der Waals surface area contributed by atoms with Gasteiger partial charge in [-0.25, -0.2) is 0 Å². The van der Waals surface area contributed by atoms with Gasteiger partial charge >= 0.3 is 0 Å². The molecule has 0 rings (SSSR count). The lowest BCUT2D eigenvalue weighted by Crippen LogP contribution is -1.93. The molecule has 0 atom stereocenters. The Balaban J connectivity index is 3.15. The predicted octanol–water partition coefficient (Wildman–Crippen LogP) is 0.992. The molecule has 0 radical (unpaired) electrons. The highest BCUT2D eigenvalue weighted by atomic mass is 32.2. The maximum Gasteiger partial charge on any atom is 0.250 e. The van der Waals surface area contributed by atoms with Crippen molar-refractivity contribution in [3.05, 3.63) is 22.5 Å². The summed E-state index contributed by atoms with van der Waals surface area (Å²) < 4.78 is 2.66. The molecule has 1 N–H and O–H groups in total. The highest BCUT2D eigenvalue weighted by Gasteiger charge is 1.81. The Morgan fingerprint density at radius 2 is 2.56 bits per heavy atom. The molecule has 4 nitrogen and oxygen atoms in total. The summed E-state index contributed by atoms with van der Waals surface area (Å²) in [5.41, 5.74) is 0. The van der Waals surface area contributed by atoms with Gasteiger partial charge in [0.2, 0.25) is 0 Å². The van der Waals surface area contributed by atoms with E-state index in [1.165, 1.54) is 18.1 Å². The van der Waals surface area contributed by atoms with Crippen LogP contribution in [-0.2, 0) is 0 Å². The van der Waals surface area contributed by atoms with Crippen molar-refractivity contribution in [3.8, 4) is 0 Å². The normalized spacial score (nSPS) is 9.89. The first kappa shape index (κ1) is 8.29. The van der Waals surface area contributed by atoms with Crippen LogP contribution in [0, 0.1) is 10.1 Å². The van der Waals surface area contributed by atoms with Crippen LogP contribution in [0.1, 0.15) is 6.92 Å². The van der Waals surface area contributed by atoms with Gasteiger partial charge in [0.25, 0.3) is 6.20 Å². The minimum atomic E-state index is -0.511. The lowest BCUT2D eigenvalue weighted by Gasteiger charge is -1.89. The average Bonchev–Trinajstić information content (AvgIpc) is 1.80. The zero-order valence-electron chi connectivity index (χ0n) is 5.03. The molecule has 0 aliphatic carbocycles. The van der Waals surface area contributed by atoms with E-state index in [1.54, 1.807) is 0 Å². The largest absolute Gasteiger partial charge is 0.331 e. The lowest BCUT2D eigenvalue weighted by atomic mass is 11.0. The summed E-state index contributed by atoms with van der Waals surface area (Å²) in [5.74, 6) is 0.891. The number of nitro groups is 1.